The Hall–Kier alpha value is -3.08. The van der Waals surface area contributed by atoms with Crippen LogP contribution in [0.5, 0.6) is 11.5 Å². The molecule has 152 valence electrons. The second-order valence-corrected chi connectivity index (χ2v) is 7.04. The van der Waals surface area contributed by atoms with Gasteiger partial charge in [-0.15, -0.1) is 0 Å². The lowest BCUT2D eigenvalue weighted by molar-refractivity contribution is -0.151. The number of benzene rings is 2. The summed E-state index contributed by atoms with van der Waals surface area (Å²) in [6.07, 6.45) is 2.12. The molecular weight excluding hydrogens is 368 g/mol. The van der Waals surface area contributed by atoms with Crippen molar-refractivity contribution in [2.24, 2.45) is 5.92 Å². The first kappa shape index (κ1) is 20.6. The highest BCUT2D eigenvalue weighted by Gasteiger charge is 2.40. The summed E-state index contributed by atoms with van der Waals surface area (Å²) in [6, 6.07) is 13.4. The van der Waals surface area contributed by atoms with Crippen molar-refractivity contribution in [3.05, 3.63) is 65.2 Å². The predicted molar refractivity (Wildman–Crippen MR) is 111 cm³/mol. The van der Waals surface area contributed by atoms with Gasteiger partial charge >= 0.3 is 5.97 Å². The molecule has 0 saturated carbocycles. The van der Waals surface area contributed by atoms with Crippen LogP contribution >= 0.6 is 0 Å². The van der Waals surface area contributed by atoms with Crippen molar-refractivity contribution in [1.29, 1.82) is 0 Å². The smallest absolute Gasteiger partial charge is 0.317 e. The van der Waals surface area contributed by atoms with Gasteiger partial charge in [0.1, 0.15) is 5.92 Å². The average molecular weight is 394 g/mol. The van der Waals surface area contributed by atoms with Crippen molar-refractivity contribution in [2.45, 2.75) is 26.2 Å². The molecule has 2 atom stereocenters. The van der Waals surface area contributed by atoms with Crippen molar-refractivity contribution in [3.63, 3.8) is 0 Å². The van der Waals surface area contributed by atoms with Crippen molar-refractivity contribution in [2.75, 3.05) is 20.8 Å². The number of hydrogen-bond donors (Lipinski definition) is 0. The summed E-state index contributed by atoms with van der Waals surface area (Å²) in [5, 5.41) is 0. The lowest BCUT2D eigenvalue weighted by Gasteiger charge is -2.30. The number of allylic oxidation sites excluding steroid dienone is 2. The zero-order chi connectivity index (χ0) is 21.0. The number of methoxy groups -OCH3 is 2. The average Bonchev–Trinajstić information content (AvgIpc) is 2.73. The van der Waals surface area contributed by atoms with Gasteiger partial charge in [-0.1, -0.05) is 30.3 Å². The van der Waals surface area contributed by atoms with E-state index in [2.05, 4.69) is 0 Å². The monoisotopic (exact) mass is 394 g/mol. The van der Waals surface area contributed by atoms with Crippen LogP contribution in [0.3, 0.4) is 0 Å². The fraction of sp³-hybridized carbons (Fsp3) is 0.333. The Balaban J connectivity index is 2.06. The molecule has 0 unspecified atom stereocenters. The molecular formula is C24H26O5. The number of carbonyl (C=O) groups excluding carboxylic acids is 2. The summed E-state index contributed by atoms with van der Waals surface area (Å²) in [4.78, 5) is 25.7. The lowest BCUT2D eigenvalue weighted by Crippen LogP contribution is -2.34. The van der Waals surface area contributed by atoms with Crippen molar-refractivity contribution in [3.8, 4) is 11.5 Å². The molecule has 0 heterocycles. The van der Waals surface area contributed by atoms with E-state index in [0.29, 0.717) is 17.9 Å². The molecule has 3 rings (SSSR count). The molecule has 2 aromatic carbocycles. The molecule has 0 N–H and O–H groups in total. The summed E-state index contributed by atoms with van der Waals surface area (Å²) in [5.41, 5.74) is 3.78. The minimum absolute atomic E-state index is 0.229. The zero-order valence-corrected chi connectivity index (χ0v) is 17.2. The van der Waals surface area contributed by atoms with Crippen LogP contribution in [0, 0.1) is 12.8 Å². The topological polar surface area (TPSA) is 61.8 Å². The third kappa shape index (κ3) is 4.19. The Morgan fingerprint density at radius 3 is 2.45 bits per heavy atom. The molecule has 0 aromatic heterocycles. The highest BCUT2D eigenvalue weighted by atomic mass is 16.5. The fourth-order valence-electron chi connectivity index (χ4n) is 3.92. The zero-order valence-electron chi connectivity index (χ0n) is 17.2. The molecule has 0 bridgehead atoms. The van der Waals surface area contributed by atoms with Crippen LogP contribution < -0.4 is 9.47 Å². The van der Waals surface area contributed by atoms with E-state index in [9.17, 15) is 9.59 Å². The molecule has 0 aliphatic heterocycles. The van der Waals surface area contributed by atoms with E-state index in [0.717, 1.165) is 22.3 Å². The molecule has 0 radical (unpaired) electrons. The summed E-state index contributed by atoms with van der Waals surface area (Å²) in [6.45, 7) is 3.99. The Bertz CT molecular complexity index is 944. The SMILES string of the molecule is CCOC(=O)[C@@H]1C(=O)C=C(c2ccc(OC)c(OC)c2)C[C@@H]1c1ccccc1C. The number of ether oxygens (including phenoxy) is 3. The largest absolute Gasteiger partial charge is 0.493 e. The Morgan fingerprint density at radius 2 is 1.79 bits per heavy atom. The van der Waals surface area contributed by atoms with E-state index < -0.39 is 11.9 Å². The molecule has 29 heavy (non-hydrogen) atoms. The molecule has 1 aliphatic carbocycles. The fourth-order valence-corrected chi connectivity index (χ4v) is 3.92. The van der Waals surface area contributed by atoms with E-state index >= 15 is 0 Å². The number of carbonyl (C=O) groups is 2. The van der Waals surface area contributed by atoms with Crippen LogP contribution in [0.4, 0.5) is 0 Å². The van der Waals surface area contributed by atoms with Crippen LogP contribution in [-0.2, 0) is 14.3 Å². The van der Waals surface area contributed by atoms with Crippen LogP contribution in [0.15, 0.2) is 48.5 Å². The maximum atomic E-state index is 13.0. The van der Waals surface area contributed by atoms with Gasteiger partial charge in [0.05, 0.1) is 20.8 Å². The Labute approximate surface area is 171 Å². The molecule has 5 heteroatoms. The van der Waals surface area contributed by atoms with Crippen LogP contribution in [0.1, 0.15) is 36.0 Å². The molecule has 0 saturated heterocycles. The van der Waals surface area contributed by atoms with Gasteiger partial charge in [-0.2, -0.15) is 0 Å². The molecule has 0 fully saturated rings. The number of hydrogen-bond acceptors (Lipinski definition) is 5. The summed E-state index contributed by atoms with van der Waals surface area (Å²) in [5.74, 6) is -0.589. The number of ketones is 1. The number of rotatable bonds is 6. The van der Waals surface area contributed by atoms with Crippen LogP contribution in [-0.4, -0.2) is 32.6 Å². The van der Waals surface area contributed by atoms with Gasteiger partial charge in [-0.25, -0.2) is 0 Å². The summed E-state index contributed by atoms with van der Waals surface area (Å²) in [7, 11) is 3.16. The molecule has 0 spiro atoms. The van der Waals surface area contributed by atoms with Gasteiger partial charge in [0.15, 0.2) is 17.3 Å². The third-order valence-corrected chi connectivity index (χ3v) is 5.35. The normalized spacial score (nSPS) is 18.8. The van der Waals surface area contributed by atoms with E-state index in [1.165, 1.54) is 0 Å². The first-order valence-electron chi connectivity index (χ1n) is 9.69. The van der Waals surface area contributed by atoms with E-state index in [-0.39, 0.29) is 18.3 Å². The van der Waals surface area contributed by atoms with Gasteiger partial charge in [0, 0.05) is 5.92 Å². The van der Waals surface area contributed by atoms with Crippen molar-refractivity contribution in [1.82, 2.24) is 0 Å². The lowest BCUT2D eigenvalue weighted by atomic mass is 9.72. The first-order valence-corrected chi connectivity index (χ1v) is 9.69. The highest BCUT2D eigenvalue weighted by Crippen LogP contribution is 2.42. The van der Waals surface area contributed by atoms with Gasteiger partial charge in [-0.3, -0.25) is 9.59 Å². The molecule has 2 aromatic rings. The number of aryl methyl sites for hydroxylation is 1. The standard InChI is InChI=1S/C24H26O5/c1-5-29-24(26)23-19(18-9-7-6-8-15(18)2)12-17(13-20(23)25)16-10-11-21(27-3)22(14-16)28-4/h6-11,13-14,19,23H,5,12H2,1-4H3/t19-,23+/m1/s1. The van der Waals surface area contributed by atoms with Crippen LogP contribution in [0.2, 0.25) is 0 Å². The van der Waals surface area contributed by atoms with Gasteiger partial charge in [-0.05, 0) is 60.7 Å². The second-order valence-electron chi connectivity index (χ2n) is 7.04. The van der Waals surface area contributed by atoms with Gasteiger partial charge < -0.3 is 14.2 Å². The summed E-state index contributed by atoms with van der Waals surface area (Å²) < 4.78 is 15.9. The molecule has 1 aliphatic rings. The van der Waals surface area contributed by atoms with E-state index in [4.69, 9.17) is 14.2 Å². The number of esters is 1. The Kier molecular flexibility index (Phi) is 6.37. The van der Waals surface area contributed by atoms with Gasteiger partial charge in [0.2, 0.25) is 0 Å². The highest BCUT2D eigenvalue weighted by molar-refractivity contribution is 6.10. The second kappa shape index (κ2) is 8.95. The minimum atomic E-state index is -0.833. The van der Waals surface area contributed by atoms with E-state index in [1.807, 2.05) is 49.4 Å². The van der Waals surface area contributed by atoms with Gasteiger partial charge in [0.25, 0.3) is 0 Å². The Morgan fingerprint density at radius 1 is 1.07 bits per heavy atom. The van der Waals surface area contributed by atoms with E-state index in [1.54, 1.807) is 27.2 Å². The van der Waals surface area contributed by atoms with Crippen molar-refractivity contribution >= 4 is 17.3 Å². The maximum Gasteiger partial charge on any atom is 0.317 e. The molecule has 5 nitrogen and oxygen atoms in total. The summed E-state index contributed by atoms with van der Waals surface area (Å²) >= 11 is 0. The van der Waals surface area contributed by atoms with Crippen LogP contribution in [0.25, 0.3) is 5.57 Å². The van der Waals surface area contributed by atoms with Crippen molar-refractivity contribution < 1.29 is 23.8 Å². The maximum absolute atomic E-state index is 13.0. The molecule has 0 amide bonds. The minimum Gasteiger partial charge on any atom is -0.493 e. The third-order valence-electron chi connectivity index (χ3n) is 5.35. The predicted octanol–water partition coefficient (Wildman–Crippen LogP) is 4.33. The first-order chi connectivity index (χ1) is 14.0. The quantitative estimate of drug-likeness (QED) is 0.539.